The molecule has 0 atom stereocenters. The van der Waals surface area contributed by atoms with Crippen molar-refractivity contribution in [3.05, 3.63) is 72.3 Å². The first-order chi connectivity index (χ1) is 19.3. The summed E-state index contributed by atoms with van der Waals surface area (Å²) in [6.45, 7) is -13.8. The molecule has 1 saturated heterocycles. The molecule has 1 fully saturated rings. The molecule has 0 spiro atoms. The molecule has 3 heterocycles. The lowest BCUT2D eigenvalue weighted by atomic mass is 10.1. The summed E-state index contributed by atoms with van der Waals surface area (Å²) < 4.78 is 80.8. The minimum Gasteiger partial charge on any atom is -0.454 e. The number of fused-ring (bicyclic) bond motifs is 3. The SMILES string of the molecule is [2H]C1([2H])N(CC(=O)N2c3ccccc3Sc3ccccc32)C([2H])([2H])C([2H])([2H])N(Cc2ccc3c(c2)OCO3)C1([2H])[2H]. The van der Waals surface area contributed by atoms with E-state index >= 15 is 0 Å². The Balaban J connectivity index is 1.36. The van der Waals surface area contributed by atoms with Gasteiger partial charge in [0.2, 0.25) is 12.7 Å². The fourth-order valence-electron chi connectivity index (χ4n) is 3.86. The van der Waals surface area contributed by atoms with E-state index in [9.17, 15) is 4.79 Å². The minimum absolute atomic E-state index is 0.00288. The lowest BCUT2D eigenvalue weighted by Crippen LogP contribution is -2.49. The summed E-state index contributed by atoms with van der Waals surface area (Å²) >= 11 is 1.46. The van der Waals surface area contributed by atoms with Crippen LogP contribution in [0.5, 0.6) is 11.5 Å². The van der Waals surface area contributed by atoms with Crippen LogP contribution >= 0.6 is 11.8 Å². The number of hydrogen-bond acceptors (Lipinski definition) is 6. The quantitative estimate of drug-likeness (QED) is 0.568. The van der Waals surface area contributed by atoms with E-state index in [1.54, 1.807) is 36.4 Å². The standard InChI is InChI=1S/C26H25N3O3S/c30-26(29-20-5-1-3-7-24(20)33-25-8-4-2-6-21(25)29)17-28-13-11-27(12-14-28)16-19-9-10-22-23(15-19)32-18-31-22/h1-10,15H,11-14,16-18H2/i11D2,12D2,13D2,14D2. The molecule has 3 aromatic carbocycles. The van der Waals surface area contributed by atoms with Gasteiger partial charge in [0, 0.05) is 53.3 Å². The number of rotatable bonds is 4. The van der Waals surface area contributed by atoms with Crippen molar-refractivity contribution in [3.63, 3.8) is 0 Å². The Morgan fingerprint density at radius 3 is 2.21 bits per heavy atom. The monoisotopic (exact) mass is 467 g/mol. The van der Waals surface area contributed by atoms with Crippen molar-refractivity contribution >= 4 is 29.0 Å². The van der Waals surface area contributed by atoms with Crippen LogP contribution in [0.25, 0.3) is 0 Å². The Hall–Kier alpha value is -3.00. The Kier molecular flexibility index (Phi) is 3.61. The highest BCUT2D eigenvalue weighted by Crippen LogP contribution is 2.47. The second-order valence-electron chi connectivity index (χ2n) is 7.57. The second-order valence-corrected chi connectivity index (χ2v) is 8.66. The normalized spacial score (nSPS) is 27.2. The van der Waals surface area contributed by atoms with Gasteiger partial charge < -0.3 is 9.47 Å². The molecule has 0 aromatic heterocycles. The lowest BCUT2D eigenvalue weighted by molar-refractivity contribution is -0.119. The maximum atomic E-state index is 13.9. The number of nitrogens with zero attached hydrogens (tertiary/aromatic N) is 3. The van der Waals surface area contributed by atoms with Crippen molar-refractivity contribution in [2.24, 2.45) is 0 Å². The molecule has 0 unspecified atom stereocenters. The number of amides is 1. The van der Waals surface area contributed by atoms with Gasteiger partial charge in [-0.25, -0.2) is 0 Å². The molecule has 3 aromatic rings. The number of anilines is 2. The van der Waals surface area contributed by atoms with E-state index in [2.05, 4.69) is 0 Å². The van der Waals surface area contributed by atoms with Crippen LogP contribution in [0.15, 0.2) is 76.5 Å². The largest absolute Gasteiger partial charge is 0.454 e. The average molecular weight is 468 g/mol. The first-order valence-corrected chi connectivity index (χ1v) is 11.2. The summed E-state index contributed by atoms with van der Waals surface area (Å²) in [6.07, 6.45) is 0. The molecule has 3 aliphatic rings. The van der Waals surface area contributed by atoms with Gasteiger partial charge in [0.25, 0.3) is 0 Å². The topological polar surface area (TPSA) is 45.3 Å². The minimum atomic E-state index is -3.13. The molecule has 0 radical (unpaired) electrons. The van der Waals surface area contributed by atoms with Crippen LogP contribution in [0.1, 0.15) is 16.5 Å². The summed E-state index contributed by atoms with van der Waals surface area (Å²) in [5.41, 5.74) is 1.42. The first-order valence-electron chi connectivity index (χ1n) is 14.4. The van der Waals surface area contributed by atoms with E-state index in [0.717, 1.165) is 9.79 Å². The van der Waals surface area contributed by atoms with Gasteiger partial charge in [0.1, 0.15) is 0 Å². The van der Waals surface area contributed by atoms with Crippen molar-refractivity contribution in [2.45, 2.75) is 16.3 Å². The van der Waals surface area contributed by atoms with Crippen molar-refractivity contribution in [1.29, 1.82) is 0 Å². The van der Waals surface area contributed by atoms with E-state index in [1.165, 1.54) is 22.7 Å². The van der Waals surface area contributed by atoms with Gasteiger partial charge in [-0.05, 0) is 42.0 Å². The van der Waals surface area contributed by atoms with E-state index < -0.39 is 45.0 Å². The van der Waals surface area contributed by atoms with Crippen molar-refractivity contribution in [3.8, 4) is 11.5 Å². The number of benzene rings is 3. The molecule has 33 heavy (non-hydrogen) atoms. The third kappa shape index (κ3) is 4.08. The molecule has 168 valence electrons. The van der Waals surface area contributed by atoms with Gasteiger partial charge >= 0.3 is 0 Å². The Morgan fingerprint density at radius 1 is 0.848 bits per heavy atom. The summed E-state index contributed by atoms with van der Waals surface area (Å²) in [4.78, 5) is 17.7. The van der Waals surface area contributed by atoms with Crippen molar-refractivity contribution < 1.29 is 25.2 Å². The molecular weight excluding hydrogens is 434 g/mol. The van der Waals surface area contributed by atoms with Gasteiger partial charge in [0.05, 0.1) is 17.9 Å². The molecule has 6 nitrogen and oxygen atoms in total. The first kappa shape index (κ1) is 13.6. The molecule has 0 saturated carbocycles. The van der Waals surface area contributed by atoms with Crippen LogP contribution in [-0.4, -0.2) is 55.0 Å². The van der Waals surface area contributed by atoms with Crippen LogP contribution in [0.4, 0.5) is 11.4 Å². The predicted octanol–water partition coefficient (Wildman–Crippen LogP) is 4.36. The molecule has 3 aliphatic heterocycles. The lowest BCUT2D eigenvalue weighted by Gasteiger charge is -2.36. The summed E-state index contributed by atoms with van der Waals surface area (Å²) in [5, 5.41) is 0. The van der Waals surface area contributed by atoms with Gasteiger partial charge in [-0.3, -0.25) is 19.5 Å². The van der Waals surface area contributed by atoms with Gasteiger partial charge in [0.15, 0.2) is 11.5 Å². The summed E-state index contributed by atoms with van der Waals surface area (Å²) in [6, 6.07) is 18.9. The third-order valence-corrected chi connectivity index (χ3v) is 6.52. The van der Waals surface area contributed by atoms with E-state index in [4.69, 9.17) is 20.4 Å². The highest BCUT2D eigenvalue weighted by atomic mass is 32.2. The molecule has 0 N–H and O–H groups in total. The van der Waals surface area contributed by atoms with Crippen LogP contribution in [-0.2, 0) is 11.3 Å². The number of ether oxygens (including phenoxy) is 2. The van der Waals surface area contributed by atoms with Crippen LogP contribution < -0.4 is 14.4 Å². The number of piperazine rings is 1. The predicted molar refractivity (Wildman–Crippen MR) is 128 cm³/mol. The average Bonchev–Trinajstić information content (AvgIpc) is 3.40. The van der Waals surface area contributed by atoms with Crippen LogP contribution in [0, 0.1) is 0 Å². The number of carbonyl (C=O) groups excluding carboxylic acids is 1. The number of para-hydroxylation sites is 2. The fraction of sp³-hybridized carbons (Fsp3) is 0.269. The van der Waals surface area contributed by atoms with Gasteiger partial charge in [-0.1, -0.05) is 42.1 Å². The Labute approximate surface area is 208 Å². The highest BCUT2D eigenvalue weighted by Gasteiger charge is 2.29. The van der Waals surface area contributed by atoms with Crippen LogP contribution in [0.2, 0.25) is 0 Å². The highest BCUT2D eigenvalue weighted by molar-refractivity contribution is 7.99. The van der Waals surface area contributed by atoms with E-state index in [0.29, 0.717) is 38.2 Å². The Bertz CT molecular complexity index is 1470. The molecule has 6 rings (SSSR count). The molecular formula is C26H25N3O3S. The molecule has 7 heteroatoms. The van der Waals surface area contributed by atoms with Crippen molar-refractivity contribution in [2.75, 3.05) is 44.2 Å². The Morgan fingerprint density at radius 2 is 1.48 bits per heavy atom. The third-order valence-electron chi connectivity index (χ3n) is 5.39. The van der Waals surface area contributed by atoms with E-state index in [-0.39, 0.29) is 6.79 Å². The van der Waals surface area contributed by atoms with E-state index in [1.807, 2.05) is 24.3 Å². The maximum Gasteiger partial charge on any atom is 0.245 e. The molecule has 1 amide bonds. The molecule has 0 aliphatic carbocycles. The second kappa shape index (κ2) is 8.74. The zero-order valence-electron chi connectivity index (χ0n) is 25.4. The number of carbonyl (C=O) groups is 1. The van der Waals surface area contributed by atoms with Gasteiger partial charge in [-0.15, -0.1) is 0 Å². The van der Waals surface area contributed by atoms with Crippen molar-refractivity contribution in [1.82, 2.24) is 9.80 Å². The zero-order chi connectivity index (χ0) is 29.4. The maximum absolute atomic E-state index is 13.9. The molecule has 0 bridgehead atoms. The summed E-state index contributed by atoms with van der Waals surface area (Å²) in [7, 11) is 0. The number of hydrogen-bond donors (Lipinski definition) is 0. The smallest absolute Gasteiger partial charge is 0.245 e. The fourth-order valence-corrected chi connectivity index (χ4v) is 4.91. The summed E-state index contributed by atoms with van der Waals surface area (Å²) in [5.74, 6) is 0.112. The van der Waals surface area contributed by atoms with Crippen LogP contribution in [0.3, 0.4) is 0 Å². The zero-order valence-corrected chi connectivity index (χ0v) is 18.3. The van der Waals surface area contributed by atoms with Gasteiger partial charge in [-0.2, -0.15) is 0 Å².